The van der Waals surface area contributed by atoms with Crippen LogP contribution in [0.3, 0.4) is 0 Å². The summed E-state index contributed by atoms with van der Waals surface area (Å²) in [4.78, 5) is 23.1. The zero-order chi connectivity index (χ0) is 14.4. The summed E-state index contributed by atoms with van der Waals surface area (Å²) in [7, 11) is 0. The van der Waals surface area contributed by atoms with Crippen molar-refractivity contribution in [2.45, 2.75) is 6.18 Å². The van der Waals surface area contributed by atoms with Crippen LogP contribution in [0.15, 0.2) is 12.1 Å². The maximum atomic E-state index is 12.6. The van der Waals surface area contributed by atoms with E-state index >= 15 is 0 Å². The van der Waals surface area contributed by atoms with Gasteiger partial charge in [0.2, 0.25) is 5.52 Å². The van der Waals surface area contributed by atoms with Crippen LogP contribution in [-0.4, -0.2) is 10.8 Å². The van der Waals surface area contributed by atoms with Gasteiger partial charge in [-0.05, 0) is 11.3 Å². The molecule has 10 heteroatoms. The van der Waals surface area contributed by atoms with Crippen molar-refractivity contribution >= 4 is 33.1 Å². The minimum Gasteiger partial charge on any atom is -0.360 e. The first-order valence-electron chi connectivity index (χ1n) is 4.71. The predicted molar refractivity (Wildman–Crippen MR) is 58.6 cm³/mol. The number of aromatic amines is 1. The van der Waals surface area contributed by atoms with Crippen molar-refractivity contribution in [3.05, 3.63) is 32.8 Å². The summed E-state index contributed by atoms with van der Waals surface area (Å²) in [5.41, 5.74) is 2.93. The Morgan fingerprint density at radius 2 is 2.05 bits per heavy atom. The Balaban J connectivity index is 2.80. The van der Waals surface area contributed by atoms with Gasteiger partial charge in [-0.15, -0.1) is 0 Å². The van der Waals surface area contributed by atoms with E-state index in [2.05, 4.69) is 4.98 Å². The molecule has 3 N–H and O–H groups in total. The average Bonchev–Trinajstić information content (AvgIpc) is 2.69. The fourth-order valence-corrected chi connectivity index (χ4v) is 2.40. The van der Waals surface area contributed by atoms with E-state index in [0.717, 1.165) is 0 Å². The van der Waals surface area contributed by atoms with Crippen LogP contribution in [0, 0.1) is 10.1 Å². The molecule has 0 saturated carbocycles. The van der Waals surface area contributed by atoms with Gasteiger partial charge >= 0.3 is 17.1 Å². The highest BCUT2D eigenvalue weighted by atomic mass is 32.1. The summed E-state index contributed by atoms with van der Waals surface area (Å²) in [5, 5.41) is 10.6. The topological polar surface area (TPSA) is 100 Å². The van der Waals surface area contributed by atoms with Crippen LogP contribution >= 0.6 is 11.3 Å². The molecule has 2 rings (SSSR count). The summed E-state index contributed by atoms with van der Waals surface area (Å²) in [5.74, 6) is -0.899. The van der Waals surface area contributed by atoms with Crippen molar-refractivity contribution in [1.29, 1.82) is 0 Å². The molecule has 0 aliphatic rings. The molecule has 0 aliphatic carbocycles. The number of nitrogens with zero attached hydrogens (tertiary/aromatic N) is 1. The van der Waals surface area contributed by atoms with Gasteiger partial charge in [-0.1, -0.05) is 0 Å². The molecule has 0 fully saturated rings. The number of nitro groups is 1. The monoisotopic (exact) mass is 292 g/mol. The normalized spacial score (nSPS) is 11.7. The lowest BCUT2D eigenvalue weighted by Gasteiger charge is -2.04. The fraction of sp³-hybridized carbons (Fsp3) is 0.111. The summed E-state index contributed by atoms with van der Waals surface area (Å²) >= 11 is 0.641. The molecule has 0 bridgehead atoms. The lowest BCUT2D eigenvalue weighted by Crippen LogP contribution is -2.19. The molecule has 1 heterocycles. The maximum Gasteiger partial charge on any atom is 0.416 e. The van der Waals surface area contributed by atoms with Crippen LogP contribution in [0.2, 0.25) is 0 Å². The smallest absolute Gasteiger partial charge is 0.360 e. The third kappa shape index (κ3) is 2.34. The maximum absolute atomic E-state index is 12.6. The number of nitro benzene ring substituents is 1. The van der Waals surface area contributed by atoms with E-state index in [1.165, 1.54) is 0 Å². The first kappa shape index (κ1) is 13.2. The lowest BCUT2D eigenvalue weighted by molar-refractivity contribution is -0.383. The van der Waals surface area contributed by atoms with Gasteiger partial charge in [-0.2, -0.15) is 18.2 Å². The average molecular weight is 292 g/mol. The quantitative estimate of drug-likeness (QED) is 0.673. The Morgan fingerprint density at radius 3 is 2.53 bits per heavy atom. The number of halogens is 3. The number of carbonyl (C=O) groups is 1. The van der Waals surface area contributed by atoms with E-state index in [1.807, 2.05) is 0 Å². The molecule has 19 heavy (non-hydrogen) atoms. The SMILES string of the molecule is NC(=O)c1[nH+]c2cc(C(F)(F)F)cc([N+](=O)[O-])c2s1. The van der Waals surface area contributed by atoms with Gasteiger partial charge in [-0.25, -0.2) is 0 Å². The van der Waals surface area contributed by atoms with E-state index < -0.39 is 28.3 Å². The van der Waals surface area contributed by atoms with Gasteiger partial charge in [-0.3, -0.25) is 14.9 Å². The summed E-state index contributed by atoms with van der Waals surface area (Å²) in [6.07, 6.45) is -4.72. The number of amides is 1. The van der Waals surface area contributed by atoms with Crippen LogP contribution in [0.5, 0.6) is 0 Å². The minimum atomic E-state index is -4.72. The Bertz CT molecular complexity index is 695. The van der Waals surface area contributed by atoms with E-state index in [1.54, 1.807) is 0 Å². The highest BCUT2D eigenvalue weighted by Gasteiger charge is 2.36. The number of rotatable bonds is 2. The molecule has 0 atom stereocenters. The third-order valence-corrected chi connectivity index (χ3v) is 3.41. The molecule has 0 aliphatic heterocycles. The molecule has 2 aromatic rings. The Morgan fingerprint density at radius 1 is 1.42 bits per heavy atom. The number of carbonyl (C=O) groups excluding carboxylic acids is 1. The zero-order valence-corrected chi connectivity index (χ0v) is 9.76. The molecule has 1 aromatic carbocycles. The zero-order valence-electron chi connectivity index (χ0n) is 8.95. The minimum absolute atomic E-state index is 0.0631. The molecule has 0 spiro atoms. The number of primary amides is 1. The molecular formula is C9H5F3N3O3S+. The number of nitrogens with one attached hydrogen (secondary N) is 1. The van der Waals surface area contributed by atoms with Crippen LogP contribution in [0.25, 0.3) is 10.2 Å². The first-order chi connectivity index (χ1) is 8.70. The number of thiazole rings is 1. The molecular weight excluding hydrogens is 287 g/mol. The van der Waals surface area contributed by atoms with Crippen molar-refractivity contribution in [3.8, 4) is 0 Å². The summed E-state index contributed by atoms with van der Waals surface area (Å²) < 4.78 is 37.7. The van der Waals surface area contributed by atoms with Gasteiger partial charge in [0.15, 0.2) is 4.70 Å². The number of benzene rings is 1. The highest BCUT2D eigenvalue weighted by Crippen LogP contribution is 2.37. The number of hydrogen-bond acceptors (Lipinski definition) is 4. The summed E-state index contributed by atoms with van der Waals surface area (Å²) in [6.45, 7) is 0. The fourth-order valence-electron chi connectivity index (χ4n) is 1.47. The van der Waals surface area contributed by atoms with Crippen molar-refractivity contribution in [3.63, 3.8) is 0 Å². The van der Waals surface area contributed by atoms with Crippen molar-refractivity contribution in [1.82, 2.24) is 0 Å². The third-order valence-electron chi connectivity index (χ3n) is 2.27. The van der Waals surface area contributed by atoms with Gasteiger partial charge < -0.3 is 5.73 Å². The molecule has 0 radical (unpaired) electrons. The lowest BCUT2D eigenvalue weighted by atomic mass is 10.2. The summed E-state index contributed by atoms with van der Waals surface area (Å²) in [6, 6.07) is 1.13. The van der Waals surface area contributed by atoms with Gasteiger partial charge in [0.05, 0.1) is 10.5 Å². The van der Waals surface area contributed by atoms with Crippen LogP contribution in [-0.2, 0) is 6.18 Å². The number of aromatic nitrogens is 1. The van der Waals surface area contributed by atoms with Crippen molar-refractivity contribution in [2.24, 2.45) is 5.73 Å². The predicted octanol–water partition coefficient (Wildman–Crippen LogP) is 1.74. The van der Waals surface area contributed by atoms with E-state index in [-0.39, 0.29) is 15.2 Å². The second-order valence-corrected chi connectivity index (χ2v) is 4.57. The number of alkyl halides is 3. The molecule has 0 saturated heterocycles. The van der Waals surface area contributed by atoms with Crippen molar-refractivity contribution in [2.75, 3.05) is 0 Å². The molecule has 0 unspecified atom stereocenters. The number of fused-ring (bicyclic) bond motifs is 1. The number of nitrogens with two attached hydrogens (primary N) is 1. The van der Waals surface area contributed by atoms with E-state index in [9.17, 15) is 28.1 Å². The Labute approximate surface area is 106 Å². The molecule has 100 valence electrons. The molecule has 1 amide bonds. The van der Waals surface area contributed by atoms with E-state index in [4.69, 9.17) is 5.73 Å². The highest BCUT2D eigenvalue weighted by molar-refractivity contribution is 7.20. The largest absolute Gasteiger partial charge is 0.416 e. The number of hydrogen-bond donors (Lipinski definition) is 1. The molecule has 1 aromatic heterocycles. The Hall–Kier alpha value is -2.23. The van der Waals surface area contributed by atoms with Gasteiger partial charge in [0, 0.05) is 12.1 Å². The second-order valence-electron chi connectivity index (χ2n) is 3.55. The van der Waals surface area contributed by atoms with Crippen LogP contribution < -0.4 is 10.7 Å². The van der Waals surface area contributed by atoms with Crippen LogP contribution in [0.4, 0.5) is 18.9 Å². The number of H-pyrrole nitrogens is 1. The van der Waals surface area contributed by atoms with Crippen LogP contribution in [0.1, 0.15) is 15.4 Å². The van der Waals surface area contributed by atoms with Crippen molar-refractivity contribution < 1.29 is 27.9 Å². The van der Waals surface area contributed by atoms with E-state index in [0.29, 0.717) is 23.5 Å². The van der Waals surface area contributed by atoms with Gasteiger partial charge in [0.1, 0.15) is 0 Å². The standard InChI is InChI=1S/C9H4F3N3O3S/c10-9(11,12)3-1-4-6(5(2-3)15(17)18)19-8(14-4)7(13)16/h1-2H,(H2,13,16)/p+1. The Kier molecular flexibility index (Phi) is 2.89. The van der Waals surface area contributed by atoms with Gasteiger partial charge in [0.25, 0.3) is 5.69 Å². The molecule has 6 nitrogen and oxygen atoms in total. The first-order valence-corrected chi connectivity index (χ1v) is 5.53. The second kappa shape index (κ2) is 4.16. The number of non-ortho nitro benzene ring substituents is 1.